The summed E-state index contributed by atoms with van der Waals surface area (Å²) in [6.45, 7) is 12.3. The summed E-state index contributed by atoms with van der Waals surface area (Å²) in [6, 6.07) is -0.825. The number of aliphatic hydroxyl groups is 1. The number of carbonyl (C=O) groups is 2. The van der Waals surface area contributed by atoms with Crippen LogP contribution in [0.4, 0.5) is 4.79 Å². The molecule has 1 saturated heterocycles. The zero-order valence-corrected chi connectivity index (χ0v) is 14.0. The van der Waals surface area contributed by atoms with Gasteiger partial charge in [0.1, 0.15) is 17.2 Å². The number of esters is 1. The Morgan fingerprint density at radius 2 is 1.52 bits per heavy atom. The summed E-state index contributed by atoms with van der Waals surface area (Å²) in [6.07, 6.45) is -1.38. The molecule has 6 nitrogen and oxygen atoms in total. The Morgan fingerprint density at radius 3 is 1.95 bits per heavy atom. The van der Waals surface area contributed by atoms with Gasteiger partial charge in [0.2, 0.25) is 0 Å². The SMILES string of the molecule is C[C@@H]1[C@H](O)CN(C(=O)OC(C)(C)C)[C@@H]1C(=O)OC(C)(C)C. The van der Waals surface area contributed by atoms with E-state index in [2.05, 4.69) is 0 Å². The molecule has 0 aromatic heterocycles. The van der Waals surface area contributed by atoms with Crippen LogP contribution >= 0.6 is 0 Å². The number of carbonyl (C=O) groups excluding carboxylic acids is 2. The van der Waals surface area contributed by atoms with Crippen LogP contribution in [0.25, 0.3) is 0 Å². The summed E-state index contributed by atoms with van der Waals surface area (Å²) < 4.78 is 10.6. The summed E-state index contributed by atoms with van der Waals surface area (Å²) in [5, 5.41) is 9.98. The van der Waals surface area contributed by atoms with Crippen molar-refractivity contribution >= 4 is 12.1 Å². The molecule has 0 bridgehead atoms. The molecule has 0 aliphatic carbocycles. The predicted molar refractivity (Wildman–Crippen MR) is 77.7 cm³/mol. The van der Waals surface area contributed by atoms with E-state index < -0.39 is 41.3 Å². The normalized spacial score (nSPS) is 26.7. The number of amides is 1. The molecular weight excluding hydrogens is 274 g/mol. The second kappa shape index (κ2) is 5.83. The molecule has 1 fully saturated rings. The van der Waals surface area contributed by atoms with Crippen LogP contribution < -0.4 is 0 Å². The predicted octanol–water partition coefficient (Wildman–Crippen LogP) is 1.94. The van der Waals surface area contributed by atoms with Crippen molar-refractivity contribution in [3.05, 3.63) is 0 Å². The first-order valence-corrected chi connectivity index (χ1v) is 7.22. The lowest BCUT2D eigenvalue weighted by atomic mass is 10.0. The summed E-state index contributed by atoms with van der Waals surface area (Å²) in [4.78, 5) is 25.8. The minimum Gasteiger partial charge on any atom is -0.458 e. The fourth-order valence-electron chi connectivity index (χ4n) is 2.19. The molecule has 1 amide bonds. The smallest absolute Gasteiger partial charge is 0.411 e. The minimum absolute atomic E-state index is 0.0694. The highest BCUT2D eigenvalue weighted by atomic mass is 16.6. The number of nitrogens with zero attached hydrogens (tertiary/aromatic N) is 1. The van der Waals surface area contributed by atoms with E-state index in [4.69, 9.17) is 9.47 Å². The van der Waals surface area contributed by atoms with Crippen LogP contribution in [-0.2, 0) is 14.3 Å². The fourth-order valence-corrected chi connectivity index (χ4v) is 2.19. The molecule has 0 aromatic carbocycles. The lowest BCUT2D eigenvalue weighted by Gasteiger charge is -2.30. The maximum absolute atomic E-state index is 12.3. The van der Waals surface area contributed by atoms with Crippen molar-refractivity contribution in [1.29, 1.82) is 0 Å². The van der Waals surface area contributed by atoms with Gasteiger partial charge >= 0.3 is 12.1 Å². The van der Waals surface area contributed by atoms with Crippen LogP contribution in [0, 0.1) is 5.92 Å². The molecule has 21 heavy (non-hydrogen) atoms. The van der Waals surface area contributed by atoms with Crippen molar-refractivity contribution in [2.45, 2.75) is 71.8 Å². The van der Waals surface area contributed by atoms with Gasteiger partial charge in [-0.15, -0.1) is 0 Å². The second-order valence-corrected chi connectivity index (χ2v) is 7.54. The maximum Gasteiger partial charge on any atom is 0.411 e. The summed E-state index contributed by atoms with van der Waals surface area (Å²) in [5.74, 6) is -0.912. The molecular formula is C15H27NO5. The standard InChI is InChI=1S/C15H27NO5/c1-9-10(17)8-16(13(19)21-15(5,6)7)11(9)12(18)20-14(2,3)4/h9-11,17H,8H2,1-7H3/t9-,10-,11+/m1/s1. The highest BCUT2D eigenvalue weighted by molar-refractivity contribution is 5.83. The van der Waals surface area contributed by atoms with Crippen molar-refractivity contribution < 1.29 is 24.2 Å². The van der Waals surface area contributed by atoms with E-state index in [1.165, 1.54) is 4.90 Å². The van der Waals surface area contributed by atoms with E-state index in [0.717, 1.165) is 0 Å². The minimum atomic E-state index is -0.825. The summed E-state index contributed by atoms with van der Waals surface area (Å²) in [5.41, 5.74) is -1.31. The third-order valence-electron chi connectivity index (χ3n) is 3.10. The number of rotatable bonds is 1. The Bertz CT molecular complexity index is 407. The molecule has 1 rings (SSSR count). The average Bonchev–Trinajstić information content (AvgIpc) is 2.50. The molecule has 0 aromatic rings. The van der Waals surface area contributed by atoms with Crippen LogP contribution in [0.5, 0.6) is 0 Å². The zero-order chi connectivity index (χ0) is 16.6. The average molecular weight is 301 g/mol. The number of aliphatic hydroxyl groups excluding tert-OH is 1. The summed E-state index contributed by atoms with van der Waals surface area (Å²) in [7, 11) is 0. The number of hydrogen-bond acceptors (Lipinski definition) is 5. The molecule has 0 spiro atoms. The second-order valence-electron chi connectivity index (χ2n) is 7.54. The Kier molecular flexibility index (Phi) is 4.93. The van der Waals surface area contributed by atoms with E-state index in [0.29, 0.717) is 0 Å². The van der Waals surface area contributed by atoms with Crippen LogP contribution in [0.2, 0.25) is 0 Å². The van der Waals surface area contributed by atoms with Crippen LogP contribution in [-0.4, -0.2) is 52.0 Å². The molecule has 1 aliphatic heterocycles. The quantitative estimate of drug-likeness (QED) is 0.749. The van der Waals surface area contributed by atoms with Gasteiger partial charge in [0.05, 0.1) is 12.6 Å². The van der Waals surface area contributed by atoms with Gasteiger partial charge in [0.15, 0.2) is 0 Å². The number of β-amino-alcohol motifs (C(OH)–C–C–N with tert-alkyl or cyclic N) is 1. The van der Waals surface area contributed by atoms with E-state index in [1.54, 1.807) is 48.5 Å². The van der Waals surface area contributed by atoms with Crippen molar-refractivity contribution in [2.24, 2.45) is 5.92 Å². The van der Waals surface area contributed by atoms with Gasteiger partial charge in [-0.25, -0.2) is 9.59 Å². The number of hydrogen-bond donors (Lipinski definition) is 1. The van der Waals surface area contributed by atoms with Crippen LogP contribution in [0.1, 0.15) is 48.5 Å². The van der Waals surface area contributed by atoms with Crippen molar-refractivity contribution in [3.63, 3.8) is 0 Å². The lowest BCUT2D eigenvalue weighted by Crippen LogP contribution is -2.47. The largest absolute Gasteiger partial charge is 0.458 e. The third-order valence-corrected chi connectivity index (χ3v) is 3.10. The zero-order valence-electron chi connectivity index (χ0n) is 14.0. The van der Waals surface area contributed by atoms with Gasteiger partial charge in [0, 0.05) is 5.92 Å². The van der Waals surface area contributed by atoms with Gasteiger partial charge in [-0.2, -0.15) is 0 Å². The molecule has 0 radical (unpaired) electrons. The van der Waals surface area contributed by atoms with E-state index >= 15 is 0 Å². The van der Waals surface area contributed by atoms with Crippen LogP contribution in [0.3, 0.4) is 0 Å². The number of ether oxygens (including phenoxy) is 2. The first-order chi connectivity index (χ1) is 9.32. The van der Waals surface area contributed by atoms with Crippen LogP contribution in [0.15, 0.2) is 0 Å². The highest BCUT2D eigenvalue weighted by Crippen LogP contribution is 2.28. The third kappa shape index (κ3) is 4.88. The molecule has 3 atom stereocenters. The first-order valence-electron chi connectivity index (χ1n) is 7.22. The molecule has 1 N–H and O–H groups in total. The first kappa shape index (κ1) is 17.8. The van der Waals surface area contributed by atoms with Gasteiger partial charge in [0.25, 0.3) is 0 Å². The molecule has 1 heterocycles. The van der Waals surface area contributed by atoms with Crippen molar-refractivity contribution in [1.82, 2.24) is 4.90 Å². The van der Waals surface area contributed by atoms with Gasteiger partial charge in [-0.3, -0.25) is 4.90 Å². The molecule has 6 heteroatoms. The molecule has 0 unspecified atom stereocenters. The molecule has 1 aliphatic rings. The highest BCUT2D eigenvalue weighted by Gasteiger charge is 2.47. The van der Waals surface area contributed by atoms with Crippen molar-refractivity contribution in [3.8, 4) is 0 Å². The Hall–Kier alpha value is -1.30. The van der Waals surface area contributed by atoms with E-state index in [9.17, 15) is 14.7 Å². The molecule has 122 valence electrons. The van der Waals surface area contributed by atoms with Gasteiger partial charge in [-0.05, 0) is 41.5 Å². The van der Waals surface area contributed by atoms with E-state index in [1.807, 2.05) is 0 Å². The Morgan fingerprint density at radius 1 is 1.05 bits per heavy atom. The summed E-state index contributed by atoms with van der Waals surface area (Å²) >= 11 is 0. The van der Waals surface area contributed by atoms with Gasteiger partial charge < -0.3 is 14.6 Å². The fraction of sp³-hybridized carbons (Fsp3) is 0.867. The van der Waals surface area contributed by atoms with Crippen molar-refractivity contribution in [2.75, 3.05) is 6.54 Å². The lowest BCUT2D eigenvalue weighted by molar-refractivity contribution is -0.161. The monoisotopic (exact) mass is 301 g/mol. The molecule has 0 saturated carbocycles. The Labute approximate surface area is 126 Å². The number of likely N-dealkylation sites (tertiary alicyclic amines) is 1. The van der Waals surface area contributed by atoms with Gasteiger partial charge in [-0.1, -0.05) is 6.92 Å². The van der Waals surface area contributed by atoms with E-state index in [-0.39, 0.29) is 6.54 Å². The topological polar surface area (TPSA) is 76.1 Å². The Balaban J connectivity index is 2.91. The maximum atomic E-state index is 12.3.